The number of hydrogen-bond acceptors (Lipinski definition) is 3. The van der Waals surface area contributed by atoms with E-state index in [0.29, 0.717) is 11.1 Å². The lowest BCUT2D eigenvalue weighted by molar-refractivity contribution is 0.103. The summed E-state index contributed by atoms with van der Waals surface area (Å²) in [6, 6.07) is 9.23. The average Bonchev–Trinajstić information content (AvgIpc) is 2.48. The summed E-state index contributed by atoms with van der Waals surface area (Å²) < 4.78 is 13.1. The minimum absolute atomic E-state index is 0.219. The lowest BCUT2D eigenvalue weighted by Gasteiger charge is -2.19. The molecule has 104 valence electrons. The van der Waals surface area contributed by atoms with Crippen LogP contribution in [0, 0.1) is 5.82 Å². The summed E-state index contributed by atoms with van der Waals surface area (Å²) >= 11 is 0. The van der Waals surface area contributed by atoms with Crippen molar-refractivity contribution >= 4 is 11.6 Å². The van der Waals surface area contributed by atoms with Gasteiger partial charge in [-0.05, 0) is 38.1 Å². The van der Waals surface area contributed by atoms with E-state index in [2.05, 4.69) is 23.7 Å². The highest BCUT2D eigenvalue weighted by Gasteiger charge is 2.11. The normalized spacial score (nSPS) is 10.3. The van der Waals surface area contributed by atoms with E-state index in [4.69, 9.17) is 0 Å². The highest BCUT2D eigenvalue weighted by molar-refractivity contribution is 6.08. The summed E-state index contributed by atoms with van der Waals surface area (Å²) in [5, 5.41) is 0. The Morgan fingerprint density at radius 1 is 1.15 bits per heavy atom. The number of carbonyl (C=O) groups is 1. The molecule has 1 aromatic heterocycles. The van der Waals surface area contributed by atoms with Crippen molar-refractivity contribution in [3.8, 4) is 0 Å². The summed E-state index contributed by atoms with van der Waals surface area (Å²) in [5.74, 6) is 0.206. The first-order chi connectivity index (χ1) is 9.65. The predicted molar refractivity (Wildman–Crippen MR) is 77.6 cm³/mol. The Balaban J connectivity index is 2.24. The third-order valence-electron chi connectivity index (χ3n) is 3.18. The Morgan fingerprint density at radius 3 is 2.45 bits per heavy atom. The third-order valence-corrected chi connectivity index (χ3v) is 3.18. The van der Waals surface area contributed by atoms with Gasteiger partial charge >= 0.3 is 0 Å². The number of aromatic nitrogens is 1. The van der Waals surface area contributed by atoms with Crippen molar-refractivity contribution in [1.82, 2.24) is 4.98 Å². The molecule has 0 unspecified atom stereocenters. The van der Waals surface area contributed by atoms with Crippen molar-refractivity contribution in [1.29, 1.82) is 0 Å². The number of ketones is 1. The number of carbonyl (C=O) groups excluding carboxylic acids is 1. The van der Waals surface area contributed by atoms with Crippen LogP contribution >= 0.6 is 0 Å². The van der Waals surface area contributed by atoms with Crippen LogP contribution in [0.1, 0.15) is 29.8 Å². The maximum atomic E-state index is 13.1. The second-order valence-corrected chi connectivity index (χ2v) is 4.42. The monoisotopic (exact) mass is 272 g/mol. The van der Waals surface area contributed by atoms with E-state index in [0.717, 1.165) is 18.9 Å². The van der Waals surface area contributed by atoms with E-state index >= 15 is 0 Å². The molecule has 20 heavy (non-hydrogen) atoms. The molecule has 0 saturated heterocycles. The Bertz CT molecular complexity index is 592. The summed E-state index contributed by atoms with van der Waals surface area (Å²) in [5.41, 5.74) is 0.800. The van der Waals surface area contributed by atoms with Gasteiger partial charge in [-0.25, -0.2) is 9.37 Å². The molecule has 1 heterocycles. The molecule has 0 atom stereocenters. The molecule has 0 aliphatic rings. The fourth-order valence-corrected chi connectivity index (χ4v) is 2.05. The highest BCUT2D eigenvalue weighted by Crippen LogP contribution is 2.14. The zero-order valence-corrected chi connectivity index (χ0v) is 11.6. The molecule has 0 saturated carbocycles. The zero-order chi connectivity index (χ0) is 14.5. The quantitative estimate of drug-likeness (QED) is 0.783. The van der Waals surface area contributed by atoms with Crippen LogP contribution in [0.15, 0.2) is 42.6 Å². The first-order valence-electron chi connectivity index (χ1n) is 6.67. The van der Waals surface area contributed by atoms with Gasteiger partial charge in [0.1, 0.15) is 11.6 Å². The van der Waals surface area contributed by atoms with Gasteiger partial charge in [-0.1, -0.05) is 12.1 Å². The fraction of sp³-hybridized carbons (Fsp3) is 0.250. The van der Waals surface area contributed by atoms with Gasteiger partial charge < -0.3 is 4.90 Å². The lowest BCUT2D eigenvalue weighted by atomic mass is 10.1. The largest absolute Gasteiger partial charge is 0.357 e. The lowest BCUT2D eigenvalue weighted by Crippen LogP contribution is -2.22. The maximum Gasteiger partial charge on any atom is 0.194 e. The summed E-state index contributed by atoms with van der Waals surface area (Å²) in [6.45, 7) is 5.83. The van der Waals surface area contributed by atoms with Crippen LogP contribution in [-0.4, -0.2) is 23.9 Å². The van der Waals surface area contributed by atoms with Crippen molar-refractivity contribution < 1.29 is 9.18 Å². The van der Waals surface area contributed by atoms with E-state index in [1.807, 2.05) is 6.07 Å². The summed E-state index contributed by atoms with van der Waals surface area (Å²) in [4.78, 5) is 18.6. The van der Waals surface area contributed by atoms with Crippen LogP contribution < -0.4 is 4.90 Å². The van der Waals surface area contributed by atoms with Gasteiger partial charge in [-0.3, -0.25) is 4.79 Å². The number of pyridine rings is 1. The van der Waals surface area contributed by atoms with Crippen molar-refractivity contribution in [3.05, 3.63) is 59.5 Å². The molecule has 0 fully saturated rings. The maximum absolute atomic E-state index is 13.1. The molecule has 0 radical (unpaired) electrons. The van der Waals surface area contributed by atoms with E-state index < -0.39 is 5.82 Å². The molecule has 2 rings (SSSR count). The van der Waals surface area contributed by atoms with E-state index in [1.165, 1.54) is 18.2 Å². The molecule has 0 N–H and O–H groups in total. The first-order valence-corrected chi connectivity index (χ1v) is 6.67. The van der Waals surface area contributed by atoms with Crippen LogP contribution in [0.2, 0.25) is 0 Å². The summed E-state index contributed by atoms with van der Waals surface area (Å²) in [7, 11) is 0. The fourth-order valence-electron chi connectivity index (χ4n) is 2.05. The molecule has 0 amide bonds. The van der Waals surface area contributed by atoms with E-state index in [-0.39, 0.29) is 5.78 Å². The van der Waals surface area contributed by atoms with Crippen molar-refractivity contribution in [3.63, 3.8) is 0 Å². The number of benzene rings is 1. The minimum Gasteiger partial charge on any atom is -0.357 e. The van der Waals surface area contributed by atoms with Gasteiger partial charge in [-0.2, -0.15) is 0 Å². The van der Waals surface area contributed by atoms with Crippen molar-refractivity contribution in [2.75, 3.05) is 18.0 Å². The van der Waals surface area contributed by atoms with Gasteiger partial charge in [0, 0.05) is 30.4 Å². The Labute approximate surface area is 118 Å². The number of rotatable bonds is 5. The topological polar surface area (TPSA) is 33.2 Å². The molecule has 0 bridgehead atoms. The Kier molecular flexibility index (Phi) is 4.45. The zero-order valence-electron chi connectivity index (χ0n) is 11.6. The third kappa shape index (κ3) is 3.02. The minimum atomic E-state index is -0.413. The van der Waals surface area contributed by atoms with Gasteiger partial charge in [0.2, 0.25) is 0 Å². The van der Waals surface area contributed by atoms with Gasteiger partial charge in [0.25, 0.3) is 0 Å². The molecule has 2 aromatic rings. The van der Waals surface area contributed by atoms with Gasteiger partial charge in [0.15, 0.2) is 5.78 Å². The highest BCUT2D eigenvalue weighted by atomic mass is 19.1. The van der Waals surface area contributed by atoms with Gasteiger partial charge in [0.05, 0.1) is 0 Å². The molecule has 0 spiro atoms. The number of hydrogen-bond donors (Lipinski definition) is 0. The SMILES string of the molecule is CCN(CC)c1ccc(C(=O)c2cccc(F)c2)cn1. The van der Waals surface area contributed by atoms with E-state index in [1.54, 1.807) is 18.3 Å². The smallest absolute Gasteiger partial charge is 0.194 e. The molecular weight excluding hydrogens is 255 g/mol. The van der Waals surface area contributed by atoms with Gasteiger partial charge in [-0.15, -0.1) is 0 Å². The van der Waals surface area contributed by atoms with Crippen molar-refractivity contribution in [2.24, 2.45) is 0 Å². The predicted octanol–water partition coefficient (Wildman–Crippen LogP) is 3.30. The second-order valence-electron chi connectivity index (χ2n) is 4.42. The number of halogens is 1. The average molecular weight is 272 g/mol. The van der Waals surface area contributed by atoms with Crippen LogP contribution in [0.5, 0.6) is 0 Å². The number of nitrogens with zero attached hydrogens (tertiary/aromatic N) is 2. The Hall–Kier alpha value is -2.23. The first kappa shape index (κ1) is 14.2. The Morgan fingerprint density at radius 2 is 1.90 bits per heavy atom. The van der Waals surface area contributed by atoms with Crippen molar-refractivity contribution in [2.45, 2.75) is 13.8 Å². The second kappa shape index (κ2) is 6.28. The van der Waals surface area contributed by atoms with Crippen LogP contribution in [-0.2, 0) is 0 Å². The molecule has 3 nitrogen and oxygen atoms in total. The van der Waals surface area contributed by atoms with Crippen LogP contribution in [0.3, 0.4) is 0 Å². The standard InChI is InChI=1S/C16H17FN2O/c1-3-19(4-2)15-9-8-13(11-18-15)16(20)12-6-5-7-14(17)10-12/h5-11H,3-4H2,1-2H3. The number of anilines is 1. The van der Waals surface area contributed by atoms with Crippen LogP contribution in [0.4, 0.5) is 10.2 Å². The van der Waals surface area contributed by atoms with E-state index in [9.17, 15) is 9.18 Å². The molecular formula is C16H17FN2O. The van der Waals surface area contributed by atoms with Crippen LogP contribution in [0.25, 0.3) is 0 Å². The molecule has 1 aromatic carbocycles. The molecule has 4 heteroatoms. The molecule has 0 aliphatic heterocycles. The summed E-state index contributed by atoms with van der Waals surface area (Å²) in [6.07, 6.45) is 1.54. The molecule has 0 aliphatic carbocycles.